The molecule has 2 aliphatic heterocycles. The van der Waals surface area contributed by atoms with Gasteiger partial charge < -0.3 is 60.0 Å². The second-order valence-electron chi connectivity index (χ2n) is 17.5. The summed E-state index contributed by atoms with van der Waals surface area (Å²) in [7, 11) is -5.48. The van der Waals surface area contributed by atoms with Crippen LogP contribution in [0, 0.1) is 5.92 Å². The molecular weight excluding hydrogens is 891 g/mol. The van der Waals surface area contributed by atoms with E-state index in [0.29, 0.717) is 32.1 Å². The number of fused-ring (bicyclic) bond motifs is 4. The van der Waals surface area contributed by atoms with E-state index in [1.165, 1.54) is 25.3 Å². The van der Waals surface area contributed by atoms with Crippen LogP contribution in [0.5, 0.6) is 0 Å². The van der Waals surface area contributed by atoms with Gasteiger partial charge in [-0.1, -0.05) is 120 Å². The molecule has 0 aromatic rings. The SMILES string of the molecule is CCCCC/C=C\C/C=C\C/C=C\CCCCCCC(=O)O[C@@H]1COC(=O)CCCC=CC[C@@H]2[C@@H](O)[C@H](O)[C@@H](O)[C@H](OP(=O)(O)OC1)[C@H](O)[C@H](O)[C@@H](/C=C/[C@@H](O)CCCCC)OC(O)C[C@@H]2O. The molecule has 0 aromatic heterocycles. The molecule has 1 saturated heterocycles. The minimum absolute atomic E-state index is 0.00580. The first-order valence-electron chi connectivity index (χ1n) is 24.5. The average Bonchev–Trinajstić information content (AvgIpc) is 3.29. The Morgan fingerprint density at radius 2 is 1.42 bits per heavy atom. The molecule has 2 aliphatic rings. The fourth-order valence-corrected chi connectivity index (χ4v) is 8.55. The van der Waals surface area contributed by atoms with Crippen molar-refractivity contribution in [2.24, 2.45) is 5.92 Å². The number of aliphatic hydroxyl groups is 8. The maximum absolute atomic E-state index is 13.6. The monoisotopic (exact) mass is 975 g/mol. The Hall–Kier alpha value is -2.61. The number of hydrogen-bond donors (Lipinski definition) is 9. The van der Waals surface area contributed by atoms with Crippen LogP contribution in [0.3, 0.4) is 0 Å². The molecule has 0 amide bonds. The van der Waals surface area contributed by atoms with Crippen LogP contribution in [0.15, 0.2) is 60.8 Å². The van der Waals surface area contributed by atoms with E-state index >= 15 is 0 Å². The summed E-state index contributed by atoms with van der Waals surface area (Å²) in [5, 5.41) is 89.4. The Bertz CT molecular complexity index is 1540. The zero-order valence-corrected chi connectivity index (χ0v) is 40.6. The Labute approximate surface area is 397 Å². The molecule has 0 spiro atoms. The number of phosphoric acid groups is 1. The van der Waals surface area contributed by atoms with Crippen LogP contribution in [-0.2, 0) is 37.4 Å². The molecule has 2 rings (SSSR count). The number of rotatable bonds is 22. The third kappa shape index (κ3) is 26.3. The molecule has 2 heterocycles. The predicted molar refractivity (Wildman–Crippen MR) is 252 cm³/mol. The lowest BCUT2D eigenvalue weighted by Crippen LogP contribution is -2.58. The zero-order valence-electron chi connectivity index (χ0n) is 39.7. The van der Waals surface area contributed by atoms with Crippen LogP contribution in [0.1, 0.15) is 149 Å². The minimum atomic E-state index is -5.48. The second kappa shape index (κ2) is 35.5. The number of phosphoric ester groups is 1. The highest BCUT2D eigenvalue weighted by molar-refractivity contribution is 7.47. The van der Waals surface area contributed by atoms with Crippen LogP contribution in [0.2, 0.25) is 0 Å². The Kier molecular flexibility index (Phi) is 32.0. The molecule has 18 heteroatoms. The van der Waals surface area contributed by atoms with Gasteiger partial charge in [-0.25, -0.2) is 4.57 Å². The molecular formula is C49H83O17P. The van der Waals surface area contributed by atoms with Gasteiger partial charge in [-0.15, -0.1) is 0 Å². The number of aliphatic hydroxyl groups excluding tert-OH is 8. The van der Waals surface area contributed by atoms with E-state index in [1.54, 1.807) is 12.2 Å². The van der Waals surface area contributed by atoms with Gasteiger partial charge in [0.1, 0.15) is 43.2 Å². The third-order valence-electron chi connectivity index (χ3n) is 11.6. The first kappa shape index (κ1) is 60.5. The average molecular weight is 975 g/mol. The third-order valence-corrected chi connectivity index (χ3v) is 12.6. The maximum atomic E-state index is 13.6. The van der Waals surface area contributed by atoms with Gasteiger partial charge in [0.2, 0.25) is 0 Å². The van der Waals surface area contributed by atoms with Gasteiger partial charge in [0.25, 0.3) is 0 Å². The highest BCUT2D eigenvalue weighted by atomic mass is 31.2. The van der Waals surface area contributed by atoms with Crippen LogP contribution >= 0.6 is 7.82 Å². The van der Waals surface area contributed by atoms with Gasteiger partial charge in [-0.2, -0.15) is 0 Å². The smallest absolute Gasteiger partial charge is 0.462 e. The van der Waals surface area contributed by atoms with Crippen molar-refractivity contribution in [2.45, 2.75) is 216 Å². The quantitative estimate of drug-likeness (QED) is 0.0267. The molecule has 0 saturated carbocycles. The highest BCUT2D eigenvalue weighted by Crippen LogP contribution is 2.47. The van der Waals surface area contributed by atoms with Crippen molar-refractivity contribution >= 4 is 19.8 Å². The summed E-state index contributed by atoms with van der Waals surface area (Å²) in [4.78, 5) is 36.5. The van der Waals surface area contributed by atoms with Gasteiger partial charge in [0.05, 0.1) is 24.9 Å². The van der Waals surface area contributed by atoms with E-state index in [2.05, 4.69) is 43.4 Å². The number of hydrogen-bond acceptors (Lipinski definition) is 16. The van der Waals surface area contributed by atoms with E-state index in [4.69, 9.17) is 23.3 Å². The van der Waals surface area contributed by atoms with E-state index in [0.717, 1.165) is 63.9 Å². The summed E-state index contributed by atoms with van der Waals surface area (Å²) >= 11 is 0. The maximum Gasteiger partial charge on any atom is 0.472 e. The van der Waals surface area contributed by atoms with Crippen LogP contribution < -0.4 is 0 Å². The number of carbonyl (C=O) groups is 2. The standard InChI is InChI=1S/C49H83O17P/c1-3-5-7-8-9-10-11-12-13-14-15-16-17-18-19-20-26-30-42(53)64-37-34-62-41(52)29-25-22-21-24-28-38-39(51)33-43(54)65-40(32-31-36(50)27-23-6-4-2)45(56)47(58)49(48(59)46(57)44(38)55)66-67(60,61)63-35-37/h9-10,12-13,15-16,21,24,31-32,36-40,43-51,54-59H,3-8,11,14,17-20,22-23,25-30,33-35H2,1-2H3,(H,60,61)/b10-9-,13-12-,16-15-,24-21?,32-31+/t36-,37+,38-,39-,40+,43?,44+,45+,46-,47+,48+,49+/m0/s1. The first-order chi connectivity index (χ1) is 32.1. The summed E-state index contributed by atoms with van der Waals surface area (Å²) in [5.74, 6) is -2.67. The summed E-state index contributed by atoms with van der Waals surface area (Å²) in [6.07, 6.45) is 10.3. The Morgan fingerprint density at radius 1 is 0.791 bits per heavy atom. The molecule has 0 aromatic carbocycles. The molecule has 0 aliphatic carbocycles. The zero-order chi connectivity index (χ0) is 49.5. The lowest BCUT2D eigenvalue weighted by Gasteiger charge is -2.39. The minimum Gasteiger partial charge on any atom is -0.462 e. The number of unbranched alkanes of at least 4 members (excludes halogenated alkanes) is 9. The van der Waals surface area contributed by atoms with Crippen molar-refractivity contribution in [3.8, 4) is 0 Å². The van der Waals surface area contributed by atoms with Gasteiger partial charge in [0.15, 0.2) is 12.4 Å². The van der Waals surface area contributed by atoms with Crippen molar-refractivity contribution in [3.63, 3.8) is 0 Å². The summed E-state index contributed by atoms with van der Waals surface area (Å²) in [6, 6.07) is 0. The fourth-order valence-electron chi connectivity index (χ4n) is 7.58. The topological polar surface area (TPSA) is 279 Å². The fraction of sp³-hybridized carbons (Fsp3) is 0.755. The van der Waals surface area contributed by atoms with Gasteiger partial charge in [0, 0.05) is 25.2 Å². The van der Waals surface area contributed by atoms with Crippen molar-refractivity contribution in [1.82, 2.24) is 0 Å². The normalized spacial score (nSPS) is 32.0. The second-order valence-corrected chi connectivity index (χ2v) is 18.9. The van der Waals surface area contributed by atoms with Gasteiger partial charge in [-0.3, -0.25) is 18.6 Å². The molecule has 17 nitrogen and oxygen atoms in total. The molecule has 0 radical (unpaired) electrons. The van der Waals surface area contributed by atoms with Crippen molar-refractivity contribution in [1.29, 1.82) is 0 Å². The van der Waals surface area contributed by atoms with Gasteiger partial charge >= 0.3 is 19.8 Å². The molecule has 9 N–H and O–H groups in total. The van der Waals surface area contributed by atoms with Gasteiger partial charge in [-0.05, 0) is 70.6 Å². The van der Waals surface area contributed by atoms with E-state index < -0.39 is 113 Å². The molecule has 2 unspecified atom stereocenters. The van der Waals surface area contributed by atoms with Crippen molar-refractivity contribution in [2.75, 3.05) is 13.2 Å². The number of carbonyl (C=O) groups excluding carboxylic acids is 2. The van der Waals surface area contributed by atoms with Crippen molar-refractivity contribution < 1.29 is 83.2 Å². The van der Waals surface area contributed by atoms with Crippen LogP contribution in [-0.4, -0.2) is 138 Å². The summed E-state index contributed by atoms with van der Waals surface area (Å²) in [6.45, 7) is 2.73. The van der Waals surface area contributed by atoms with Crippen LogP contribution in [0.25, 0.3) is 0 Å². The summed E-state index contributed by atoms with van der Waals surface area (Å²) < 4.78 is 40.3. The summed E-state index contributed by atoms with van der Waals surface area (Å²) in [5.41, 5.74) is 0. The number of allylic oxidation sites excluding steroid dienone is 8. The molecule has 386 valence electrons. The molecule has 67 heavy (non-hydrogen) atoms. The van der Waals surface area contributed by atoms with Crippen molar-refractivity contribution in [3.05, 3.63) is 60.8 Å². The predicted octanol–water partition coefficient (Wildman–Crippen LogP) is 5.83. The highest BCUT2D eigenvalue weighted by Gasteiger charge is 2.48. The molecule has 2 bridgehead atoms. The lowest BCUT2D eigenvalue weighted by molar-refractivity contribution is -0.213. The van der Waals surface area contributed by atoms with E-state index in [1.807, 2.05) is 6.92 Å². The molecule has 13 atom stereocenters. The number of ether oxygens (including phenoxy) is 3. The van der Waals surface area contributed by atoms with Crippen LogP contribution in [0.4, 0.5) is 0 Å². The Balaban J connectivity index is 2.19. The largest absolute Gasteiger partial charge is 0.472 e. The number of esters is 2. The van der Waals surface area contributed by atoms with E-state index in [9.17, 15) is 59.9 Å². The molecule has 1 fully saturated rings. The van der Waals surface area contributed by atoms with E-state index in [-0.39, 0.29) is 19.3 Å². The number of cyclic esters (lactones) is 1. The lowest BCUT2D eigenvalue weighted by atomic mass is 9.83. The first-order valence-corrected chi connectivity index (χ1v) is 26.0. The Morgan fingerprint density at radius 3 is 2.10 bits per heavy atom.